The number of carbonyl (C=O) groups excluding carboxylic acids is 1. The Kier molecular flexibility index (Phi) is 2.58. The molecule has 4 heteroatoms. The van der Waals surface area contributed by atoms with Crippen molar-refractivity contribution in [3.63, 3.8) is 0 Å². The lowest BCUT2D eigenvalue weighted by molar-refractivity contribution is 0.0953. The van der Waals surface area contributed by atoms with Crippen LogP contribution in [0.15, 0.2) is 24.4 Å². The first kappa shape index (κ1) is 10.6. The van der Waals surface area contributed by atoms with E-state index in [1.165, 1.54) is 6.20 Å². The molecule has 82 valence electrons. The number of amides is 1. The highest BCUT2D eigenvalue weighted by Crippen LogP contribution is 2.19. The van der Waals surface area contributed by atoms with Crippen molar-refractivity contribution in [2.75, 3.05) is 0 Å². The molecule has 0 spiro atoms. The number of pyridine rings is 1. The molecule has 16 heavy (non-hydrogen) atoms. The van der Waals surface area contributed by atoms with E-state index in [9.17, 15) is 4.79 Å². The fraction of sp³-hybridized carbons (Fsp3) is 0.167. The van der Waals surface area contributed by atoms with Gasteiger partial charge in [0.25, 0.3) is 5.91 Å². The Balaban J connectivity index is 2.66. The highest BCUT2D eigenvalue weighted by atomic mass is 16.2. The van der Waals surface area contributed by atoms with Crippen molar-refractivity contribution in [3.05, 3.63) is 41.1 Å². The number of aryl methyl sites for hydroxylation is 2. The zero-order valence-corrected chi connectivity index (χ0v) is 9.24. The number of rotatable bonds is 1. The summed E-state index contributed by atoms with van der Waals surface area (Å²) >= 11 is 0. The monoisotopic (exact) mass is 215 g/mol. The third kappa shape index (κ3) is 1.75. The van der Waals surface area contributed by atoms with Gasteiger partial charge in [0.2, 0.25) is 0 Å². The van der Waals surface area contributed by atoms with Crippen LogP contribution in [0.1, 0.15) is 21.5 Å². The molecule has 1 heterocycles. The van der Waals surface area contributed by atoms with E-state index in [4.69, 9.17) is 5.84 Å². The lowest BCUT2D eigenvalue weighted by Gasteiger charge is -2.05. The van der Waals surface area contributed by atoms with Gasteiger partial charge in [-0.15, -0.1) is 0 Å². The number of nitrogen functional groups attached to an aromatic ring is 1. The van der Waals surface area contributed by atoms with Crippen molar-refractivity contribution in [1.29, 1.82) is 0 Å². The lowest BCUT2D eigenvalue weighted by Crippen LogP contribution is -2.30. The molecular weight excluding hydrogens is 202 g/mol. The highest BCUT2D eigenvalue weighted by Gasteiger charge is 2.07. The predicted octanol–water partition coefficient (Wildman–Crippen LogP) is 1.46. The standard InChI is InChI=1S/C12H13N3O/c1-7-3-8(2)10-5-9(12(16)15-13)6-14-11(10)4-7/h3-6H,13H2,1-2H3,(H,15,16). The number of hydrogen-bond acceptors (Lipinski definition) is 3. The predicted molar refractivity (Wildman–Crippen MR) is 62.9 cm³/mol. The van der Waals surface area contributed by atoms with Gasteiger partial charge in [-0.25, -0.2) is 5.84 Å². The maximum absolute atomic E-state index is 11.4. The van der Waals surface area contributed by atoms with Gasteiger partial charge in [-0.1, -0.05) is 6.07 Å². The molecule has 0 aliphatic heterocycles. The quantitative estimate of drug-likeness (QED) is 0.430. The average molecular weight is 215 g/mol. The van der Waals surface area contributed by atoms with E-state index in [2.05, 4.69) is 16.5 Å². The van der Waals surface area contributed by atoms with Crippen LogP contribution in [0.5, 0.6) is 0 Å². The largest absolute Gasteiger partial charge is 0.290 e. The molecule has 0 radical (unpaired) electrons. The Hall–Kier alpha value is -1.94. The molecule has 0 unspecified atom stereocenters. The number of carbonyl (C=O) groups is 1. The number of nitrogens with zero attached hydrogens (tertiary/aromatic N) is 1. The van der Waals surface area contributed by atoms with Crippen molar-refractivity contribution in [3.8, 4) is 0 Å². The summed E-state index contributed by atoms with van der Waals surface area (Å²) in [6, 6.07) is 5.86. The zero-order valence-electron chi connectivity index (χ0n) is 9.24. The molecular formula is C12H13N3O. The second-order valence-electron chi connectivity index (χ2n) is 3.85. The maximum atomic E-state index is 11.4. The second kappa shape index (κ2) is 3.90. The molecule has 0 saturated carbocycles. The summed E-state index contributed by atoms with van der Waals surface area (Å²) in [5.74, 6) is 4.76. The van der Waals surface area contributed by atoms with Crippen molar-refractivity contribution >= 4 is 16.8 Å². The van der Waals surface area contributed by atoms with Gasteiger partial charge in [0.1, 0.15) is 0 Å². The molecule has 1 aromatic heterocycles. The van der Waals surface area contributed by atoms with Crippen LogP contribution in [-0.4, -0.2) is 10.9 Å². The van der Waals surface area contributed by atoms with Gasteiger partial charge in [0.15, 0.2) is 0 Å². The second-order valence-corrected chi connectivity index (χ2v) is 3.85. The molecule has 0 aliphatic rings. The molecule has 0 bridgehead atoms. The Bertz CT molecular complexity index is 563. The van der Waals surface area contributed by atoms with Gasteiger partial charge >= 0.3 is 0 Å². The van der Waals surface area contributed by atoms with Crippen LogP contribution in [0, 0.1) is 13.8 Å². The first-order chi connectivity index (χ1) is 7.61. The minimum Gasteiger partial charge on any atom is -0.290 e. The topological polar surface area (TPSA) is 68.0 Å². The van der Waals surface area contributed by atoms with Crippen LogP contribution in [0.25, 0.3) is 10.9 Å². The number of nitrogens with two attached hydrogens (primary N) is 1. The van der Waals surface area contributed by atoms with Crippen LogP contribution in [-0.2, 0) is 0 Å². The molecule has 0 aliphatic carbocycles. The van der Waals surface area contributed by atoms with E-state index in [1.807, 2.05) is 19.9 Å². The summed E-state index contributed by atoms with van der Waals surface area (Å²) < 4.78 is 0. The SMILES string of the molecule is Cc1cc(C)c2cc(C(=O)NN)cnc2c1. The average Bonchev–Trinajstić information content (AvgIpc) is 2.27. The third-order valence-electron chi connectivity index (χ3n) is 2.55. The first-order valence-corrected chi connectivity index (χ1v) is 5.00. The molecule has 0 saturated heterocycles. The molecule has 3 N–H and O–H groups in total. The molecule has 0 fully saturated rings. The van der Waals surface area contributed by atoms with Gasteiger partial charge in [-0.05, 0) is 37.1 Å². The van der Waals surface area contributed by atoms with Crippen molar-refractivity contribution in [2.45, 2.75) is 13.8 Å². The Morgan fingerprint density at radius 1 is 1.31 bits per heavy atom. The normalized spacial score (nSPS) is 10.4. The van der Waals surface area contributed by atoms with E-state index >= 15 is 0 Å². The molecule has 0 atom stereocenters. The summed E-state index contributed by atoms with van der Waals surface area (Å²) in [5, 5.41) is 0.978. The van der Waals surface area contributed by atoms with E-state index in [-0.39, 0.29) is 5.91 Å². The summed E-state index contributed by atoms with van der Waals surface area (Å²) in [6.45, 7) is 4.02. The van der Waals surface area contributed by atoms with E-state index in [0.717, 1.165) is 22.0 Å². The van der Waals surface area contributed by atoms with Gasteiger partial charge in [0, 0.05) is 11.6 Å². The van der Waals surface area contributed by atoms with Crippen LogP contribution >= 0.6 is 0 Å². The molecule has 4 nitrogen and oxygen atoms in total. The minimum absolute atomic E-state index is 0.325. The highest BCUT2D eigenvalue weighted by molar-refractivity contribution is 5.97. The van der Waals surface area contributed by atoms with Crippen molar-refractivity contribution in [1.82, 2.24) is 10.4 Å². The fourth-order valence-electron chi connectivity index (χ4n) is 1.79. The van der Waals surface area contributed by atoms with Crippen LogP contribution in [0.4, 0.5) is 0 Å². The van der Waals surface area contributed by atoms with E-state index in [1.54, 1.807) is 6.07 Å². The number of benzene rings is 1. The van der Waals surface area contributed by atoms with E-state index < -0.39 is 0 Å². The van der Waals surface area contributed by atoms with Gasteiger partial charge < -0.3 is 0 Å². The Labute approximate surface area is 93.4 Å². The number of aromatic nitrogens is 1. The molecule has 2 aromatic rings. The lowest BCUT2D eigenvalue weighted by atomic mass is 10.0. The summed E-state index contributed by atoms with van der Waals surface area (Å²) in [5.41, 5.74) is 5.73. The van der Waals surface area contributed by atoms with Gasteiger partial charge in [0.05, 0.1) is 11.1 Å². The van der Waals surface area contributed by atoms with E-state index in [0.29, 0.717) is 5.56 Å². The fourth-order valence-corrected chi connectivity index (χ4v) is 1.79. The van der Waals surface area contributed by atoms with Crippen LogP contribution < -0.4 is 11.3 Å². The first-order valence-electron chi connectivity index (χ1n) is 5.00. The van der Waals surface area contributed by atoms with Gasteiger partial charge in [-0.2, -0.15) is 0 Å². The van der Waals surface area contributed by atoms with Gasteiger partial charge in [-0.3, -0.25) is 15.2 Å². The summed E-state index contributed by atoms with van der Waals surface area (Å²) in [7, 11) is 0. The number of hydrogen-bond donors (Lipinski definition) is 2. The summed E-state index contributed by atoms with van der Waals surface area (Å²) in [4.78, 5) is 15.6. The minimum atomic E-state index is -0.325. The molecule has 1 aromatic carbocycles. The van der Waals surface area contributed by atoms with Crippen molar-refractivity contribution in [2.24, 2.45) is 5.84 Å². The maximum Gasteiger partial charge on any atom is 0.266 e. The number of fused-ring (bicyclic) bond motifs is 1. The zero-order chi connectivity index (χ0) is 11.7. The number of hydrazine groups is 1. The third-order valence-corrected chi connectivity index (χ3v) is 2.55. The molecule has 1 amide bonds. The molecule has 2 rings (SSSR count). The number of nitrogens with one attached hydrogen (secondary N) is 1. The van der Waals surface area contributed by atoms with Crippen LogP contribution in [0.2, 0.25) is 0 Å². The van der Waals surface area contributed by atoms with Crippen LogP contribution in [0.3, 0.4) is 0 Å². The Morgan fingerprint density at radius 2 is 2.06 bits per heavy atom. The smallest absolute Gasteiger partial charge is 0.266 e. The van der Waals surface area contributed by atoms with Crippen molar-refractivity contribution < 1.29 is 4.79 Å². The Morgan fingerprint density at radius 3 is 2.75 bits per heavy atom. The summed E-state index contributed by atoms with van der Waals surface area (Å²) in [6.07, 6.45) is 1.53.